The molecule has 2 aromatic heterocycles. The van der Waals surface area contributed by atoms with Crippen LogP contribution in [0.3, 0.4) is 0 Å². The first kappa shape index (κ1) is 12.7. The zero-order chi connectivity index (χ0) is 14.2. The second kappa shape index (κ2) is 5.04. The molecule has 0 unspecified atom stereocenters. The lowest BCUT2D eigenvalue weighted by Crippen LogP contribution is -2.14. The number of rotatable bonds is 3. The largest absolute Gasteiger partial charge is 0.497 e. The third kappa shape index (κ3) is 2.16. The third-order valence-electron chi connectivity index (χ3n) is 3.99. The van der Waals surface area contributed by atoms with Crippen LogP contribution in [-0.2, 0) is 12.8 Å². The van der Waals surface area contributed by atoms with Crippen LogP contribution >= 0.6 is 11.3 Å². The number of benzene rings is 1. The Balaban J connectivity index is 1.79. The van der Waals surface area contributed by atoms with Crippen LogP contribution in [0.5, 0.6) is 5.75 Å². The molecule has 1 aliphatic rings. The molecular weight excluding hydrogens is 280 g/mol. The first-order chi connectivity index (χ1) is 10.3. The minimum atomic E-state index is 0.882. The molecule has 0 atom stereocenters. The molecule has 3 nitrogen and oxygen atoms in total. The molecule has 4 heteroatoms. The maximum Gasteiger partial charge on any atom is 0.120 e. The highest BCUT2D eigenvalue weighted by atomic mass is 32.1. The molecule has 1 aromatic carbocycles. The SMILES string of the molecule is COc1ccc2c3c([nH]c2c1)C(Cc1cccs1)=NCC3. The fraction of sp³-hybridized carbons (Fsp3) is 0.235. The maximum absolute atomic E-state index is 5.32. The molecule has 0 aliphatic carbocycles. The van der Waals surface area contributed by atoms with E-state index in [-0.39, 0.29) is 0 Å². The number of nitrogens with zero attached hydrogens (tertiary/aromatic N) is 1. The molecule has 0 bridgehead atoms. The van der Waals surface area contributed by atoms with Crippen LogP contribution in [0.15, 0.2) is 40.7 Å². The Bertz CT molecular complexity index is 815. The van der Waals surface area contributed by atoms with Gasteiger partial charge in [0.2, 0.25) is 0 Å². The lowest BCUT2D eigenvalue weighted by atomic mass is 10.0. The van der Waals surface area contributed by atoms with Crippen molar-refractivity contribution in [2.24, 2.45) is 4.99 Å². The summed E-state index contributed by atoms with van der Waals surface area (Å²) in [7, 11) is 1.70. The minimum Gasteiger partial charge on any atom is -0.497 e. The number of aromatic amines is 1. The fourth-order valence-corrected chi connectivity index (χ4v) is 3.68. The zero-order valence-corrected chi connectivity index (χ0v) is 12.7. The van der Waals surface area contributed by atoms with Crippen molar-refractivity contribution in [3.63, 3.8) is 0 Å². The lowest BCUT2D eigenvalue weighted by Gasteiger charge is -2.12. The summed E-state index contributed by atoms with van der Waals surface area (Å²) in [5, 5.41) is 3.42. The standard InChI is InChI=1S/C17H16N2OS/c1-20-11-4-5-13-14-6-7-18-16(10-12-3-2-8-21-12)17(14)19-15(13)9-11/h2-5,8-9,19H,6-7,10H2,1H3. The molecular formula is C17H16N2OS. The first-order valence-electron chi connectivity index (χ1n) is 7.10. The number of methoxy groups -OCH3 is 1. The topological polar surface area (TPSA) is 37.4 Å². The van der Waals surface area contributed by atoms with Gasteiger partial charge in [0.1, 0.15) is 5.75 Å². The lowest BCUT2D eigenvalue weighted by molar-refractivity contribution is 0.415. The van der Waals surface area contributed by atoms with E-state index in [9.17, 15) is 0 Å². The van der Waals surface area contributed by atoms with Crippen molar-refractivity contribution < 1.29 is 4.74 Å². The summed E-state index contributed by atoms with van der Waals surface area (Å²) in [6, 6.07) is 10.5. The second-order valence-electron chi connectivity index (χ2n) is 5.22. The molecule has 0 fully saturated rings. The average molecular weight is 296 g/mol. The molecule has 1 N–H and O–H groups in total. The van der Waals surface area contributed by atoms with Crippen LogP contribution in [0.25, 0.3) is 10.9 Å². The van der Waals surface area contributed by atoms with Gasteiger partial charge in [0, 0.05) is 34.8 Å². The van der Waals surface area contributed by atoms with Crippen LogP contribution < -0.4 is 4.74 Å². The third-order valence-corrected chi connectivity index (χ3v) is 4.86. The molecule has 4 rings (SSSR count). The fourth-order valence-electron chi connectivity index (χ4n) is 2.97. The number of aliphatic imine (C=N–C) groups is 1. The van der Waals surface area contributed by atoms with Crippen molar-refractivity contribution in [1.82, 2.24) is 4.98 Å². The predicted molar refractivity (Wildman–Crippen MR) is 88.0 cm³/mol. The Morgan fingerprint density at radius 3 is 3.10 bits per heavy atom. The number of thiophene rings is 1. The number of ether oxygens (including phenoxy) is 1. The minimum absolute atomic E-state index is 0.882. The molecule has 0 saturated heterocycles. The smallest absolute Gasteiger partial charge is 0.120 e. The van der Waals surface area contributed by atoms with Gasteiger partial charge in [-0.2, -0.15) is 0 Å². The number of hydrogen-bond donors (Lipinski definition) is 1. The van der Waals surface area contributed by atoms with E-state index >= 15 is 0 Å². The Hall–Kier alpha value is -2.07. The summed E-state index contributed by atoms with van der Waals surface area (Å²) >= 11 is 1.79. The van der Waals surface area contributed by atoms with Gasteiger partial charge in [0.05, 0.1) is 18.5 Å². The van der Waals surface area contributed by atoms with Gasteiger partial charge in [-0.25, -0.2) is 0 Å². The second-order valence-corrected chi connectivity index (χ2v) is 6.26. The van der Waals surface area contributed by atoms with Crippen molar-refractivity contribution in [1.29, 1.82) is 0 Å². The molecule has 0 amide bonds. The molecule has 106 valence electrons. The first-order valence-corrected chi connectivity index (χ1v) is 7.98. The van der Waals surface area contributed by atoms with Crippen molar-refractivity contribution in [3.05, 3.63) is 51.8 Å². The van der Waals surface area contributed by atoms with Crippen LogP contribution in [0.4, 0.5) is 0 Å². The quantitative estimate of drug-likeness (QED) is 0.783. The highest BCUT2D eigenvalue weighted by Crippen LogP contribution is 2.30. The van der Waals surface area contributed by atoms with Gasteiger partial charge in [-0.3, -0.25) is 4.99 Å². The number of fused-ring (bicyclic) bond motifs is 3. The molecule has 1 aliphatic heterocycles. The summed E-state index contributed by atoms with van der Waals surface area (Å²) in [6.45, 7) is 0.882. The van der Waals surface area contributed by atoms with Gasteiger partial charge in [-0.1, -0.05) is 6.07 Å². The van der Waals surface area contributed by atoms with Crippen LogP contribution in [-0.4, -0.2) is 24.4 Å². The molecule has 3 aromatic rings. The summed E-state index contributed by atoms with van der Waals surface area (Å²) in [4.78, 5) is 9.65. The number of H-pyrrole nitrogens is 1. The highest BCUT2D eigenvalue weighted by molar-refractivity contribution is 7.10. The molecule has 0 radical (unpaired) electrons. The van der Waals surface area contributed by atoms with E-state index in [2.05, 4.69) is 34.6 Å². The van der Waals surface area contributed by atoms with E-state index in [1.807, 2.05) is 6.07 Å². The molecule has 21 heavy (non-hydrogen) atoms. The van der Waals surface area contributed by atoms with Crippen molar-refractivity contribution in [3.8, 4) is 5.75 Å². The van der Waals surface area contributed by atoms with Gasteiger partial charge in [-0.15, -0.1) is 11.3 Å². The van der Waals surface area contributed by atoms with E-state index in [0.717, 1.165) is 30.7 Å². The summed E-state index contributed by atoms with van der Waals surface area (Å²) < 4.78 is 5.32. The monoisotopic (exact) mass is 296 g/mol. The molecule has 0 saturated carbocycles. The summed E-state index contributed by atoms with van der Waals surface area (Å²) in [6.07, 6.45) is 1.92. The molecule has 3 heterocycles. The van der Waals surface area contributed by atoms with Crippen LogP contribution in [0.2, 0.25) is 0 Å². The van der Waals surface area contributed by atoms with Crippen LogP contribution in [0.1, 0.15) is 16.1 Å². The Kier molecular flexibility index (Phi) is 3.04. The van der Waals surface area contributed by atoms with Gasteiger partial charge in [0.25, 0.3) is 0 Å². The number of aromatic nitrogens is 1. The Labute approximate surface area is 127 Å². The van der Waals surface area contributed by atoms with E-state index < -0.39 is 0 Å². The van der Waals surface area contributed by atoms with Crippen molar-refractivity contribution >= 4 is 28.0 Å². The van der Waals surface area contributed by atoms with E-state index in [1.54, 1.807) is 18.4 Å². The number of hydrogen-bond acceptors (Lipinski definition) is 3. The predicted octanol–water partition coefficient (Wildman–Crippen LogP) is 3.83. The summed E-state index contributed by atoms with van der Waals surface area (Å²) in [5.41, 5.74) is 4.92. The molecule has 0 spiro atoms. The van der Waals surface area contributed by atoms with E-state index in [0.29, 0.717) is 0 Å². The van der Waals surface area contributed by atoms with Crippen molar-refractivity contribution in [2.45, 2.75) is 12.8 Å². The maximum atomic E-state index is 5.32. The Morgan fingerprint density at radius 2 is 2.29 bits per heavy atom. The van der Waals surface area contributed by atoms with Gasteiger partial charge < -0.3 is 9.72 Å². The zero-order valence-electron chi connectivity index (χ0n) is 11.8. The van der Waals surface area contributed by atoms with E-state index in [1.165, 1.54) is 27.2 Å². The summed E-state index contributed by atoms with van der Waals surface area (Å²) in [5.74, 6) is 0.887. The van der Waals surface area contributed by atoms with Gasteiger partial charge in [-0.05, 0) is 35.6 Å². The van der Waals surface area contributed by atoms with Gasteiger partial charge in [0.15, 0.2) is 0 Å². The normalized spacial score (nSPS) is 14.0. The van der Waals surface area contributed by atoms with Crippen molar-refractivity contribution in [2.75, 3.05) is 13.7 Å². The van der Waals surface area contributed by atoms with E-state index in [4.69, 9.17) is 9.73 Å². The number of nitrogens with one attached hydrogen (secondary N) is 1. The highest BCUT2D eigenvalue weighted by Gasteiger charge is 2.20. The average Bonchev–Trinajstić information content (AvgIpc) is 3.14. The Morgan fingerprint density at radius 1 is 1.33 bits per heavy atom. The van der Waals surface area contributed by atoms with Crippen LogP contribution in [0, 0.1) is 0 Å². The van der Waals surface area contributed by atoms with Gasteiger partial charge >= 0.3 is 0 Å².